The second kappa shape index (κ2) is 11.6. The number of ether oxygens (including phenoxy) is 4. The number of methoxy groups -OCH3 is 3. The van der Waals surface area contributed by atoms with Crippen molar-refractivity contribution >= 4 is 28.5 Å². The van der Waals surface area contributed by atoms with Crippen LogP contribution in [0.5, 0.6) is 17.2 Å². The maximum atomic E-state index is 13.6. The highest BCUT2D eigenvalue weighted by molar-refractivity contribution is 6.33. The lowest BCUT2D eigenvalue weighted by atomic mass is 9.84. The van der Waals surface area contributed by atoms with E-state index in [2.05, 4.69) is 5.32 Å². The van der Waals surface area contributed by atoms with Gasteiger partial charge in [0, 0.05) is 36.1 Å². The Balaban J connectivity index is 1.73. The van der Waals surface area contributed by atoms with Crippen molar-refractivity contribution in [2.45, 2.75) is 31.4 Å². The molecule has 1 aromatic heterocycles. The van der Waals surface area contributed by atoms with E-state index in [4.69, 9.17) is 35.0 Å². The van der Waals surface area contributed by atoms with Gasteiger partial charge in [-0.05, 0) is 42.8 Å². The van der Waals surface area contributed by atoms with Gasteiger partial charge in [0.25, 0.3) is 0 Å². The summed E-state index contributed by atoms with van der Waals surface area (Å²) in [6, 6.07) is 17.4. The lowest BCUT2D eigenvalue weighted by Crippen LogP contribution is -2.35. The molecule has 5 rings (SSSR count). The predicted molar refractivity (Wildman–Crippen MR) is 153 cm³/mol. The first kappa shape index (κ1) is 27.6. The van der Waals surface area contributed by atoms with Gasteiger partial charge in [0.15, 0.2) is 5.43 Å². The Morgan fingerprint density at radius 2 is 1.73 bits per heavy atom. The number of benzene rings is 3. The van der Waals surface area contributed by atoms with Crippen molar-refractivity contribution in [3.05, 3.63) is 87.0 Å². The Labute approximate surface area is 236 Å². The summed E-state index contributed by atoms with van der Waals surface area (Å²) in [7, 11) is 4.65. The Kier molecular flexibility index (Phi) is 8.00. The fourth-order valence-electron chi connectivity index (χ4n) is 5.46. The molecule has 40 heavy (non-hydrogen) atoms. The van der Waals surface area contributed by atoms with Crippen molar-refractivity contribution in [1.29, 1.82) is 0 Å². The number of esters is 1. The number of halogens is 1. The van der Waals surface area contributed by atoms with E-state index < -0.39 is 12.1 Å². The predicted octanol–water partition coefficient (Wildman–Crippen LogP) is 5.89. The van der Waals surface area contributed by atoms with Crippen LogP contribution < -0.4 is 25.0 Å². The van der Waals surface area contributed by atoms with Gasteiger partial charge in [-0.15, -0.1) is 0 Å². The van der Waals surface area contributed by atoms with E-state index in [0.29, 0.717) is 63.1 Å². The summed E-state index contributed by atoms with van der Waals surface area (Å²) in [6.07, 6.45) is 0.0485. The third-order valence-corrected chi connectivity index (χ3v) is 7.58. The maximum absolute atomic E-state index is 13.6. The summed E-state index contributed by atoms with van der Waals surface area (Å²) in [5, 5.41) is 4.27. The summed E-state index contributed by atoms with van der Waals surface area (Å²) < 4.78 is 29.1. The molecule has 1 aliphatic rings. The molecule has 0 radical (unpaired) electrons. The molecule has 3 aromatic carbocycles. The molecule has 2 heterocycles. The van der Waals surface area contributed by atoms with E-state index in [1.54, 1.807) is 32.4 Å². The largest absolute Gasteiger partial charge is 0.497 e. The number of carbonyl (C=O) groups is 1. The van der Waals surface area contributed by atoms with Crippen LogP contribution in [0.1, 0.15) is 36.5 Å². The zero-order chi connectivity index (χ0) is 28.4. The highest BCUT2D eigenvalue weighted by Gasteiger charge is 2.40. The minimum absolute atomic E-state index is 0.251. The number of nitrogens with one attached hydrogen (secondary N) is 1. The zero-order valence-corrected chi connectivity index (χ0v) is 23.4. The van der Waals surface area contributed by atoms with Crippen molar-refractivity contribution < 1.29 is 28.2 Å². The first-order valence-electron chi connectivity index (χ1n) is 12.9. The van der Waals surface area contributed by atoms with Gasteiger partial charge in [-0.2, -0.15) is 0 Å². The number of rotatable bonds is 8. The molecule has 1 aliphatic heterocycles. The molecule has 4 aromatic rings. The van der Waals surface area contributed by atoms with Gasteiger partial charge in [-0.1, -0.05) is 35.9 Å². The highest BCUT2D eigenvalue weighted by atomic mass is 35.5. The Morgan fingerprint density at radius 3 is 2.38 bits per heavy atom. The third-order valence-electron chi connectivity index (χ3n) is 7.25. The molecule has 8 nitrogen and oxygen atoms in total. The van der Waals surface area contributed by atoms with Crippen molar-refractivity contribution in [1.82, 2.24) is 5.32 Å². The molecule has 3 unspecified atom stereocenters. The molecule has 1 saturated heterocycles. The minimum atomic E-state index is -0.628. The van der Waals surface area contributed by atoms with Crippen molar-refractivity contribution in [3.63, 3.8) is 0 Å². The highest BCUT2D eigenvalue weighted by Crippen LogP contribution is 2.46. The van der Waals surface area contributed by atoms with Crippen molar-refractivity contribution in [2.24, 2.45) is 0 Å². The van der Waals surface area contributed by atoms with E-state index in [1.807, 2.05) is 36.4 Å². The molecule has 0 aliphatic carbocycles. The van der Waals surface area contributed by atoms with Gasteiger partial charge < -0.3 is 28.7 Å². The summed E-state index contributed by atoms with van der Waals surface area (Å²) in [6.45, 7) is 2.03. The van der Waals surface area contributed by atoms with Gasteiger partial charge in [0.05, 0.1) is 32.4 Å². The Hall–Kier alpha value is -4.01. The van der Waals surface area contributed by atoms with E-state index in [9.17, 15) is 9.59 Å². The number of hydrogen-bond donors (Lipinski definition) is 1. The normalized spacial score (nSPS) is 17.4. The molecule has 1 fully saturated rings. The average molecular weight is 564 g/mol. The Morgan fingerprint density at radius 1 is 1.00 bits per heavy atom. The van der Waals surface area contributed by atoms with Crippen LogP contribution in [0.3, 0.4) is 0 Å². The van der Waals surface area contributed by atoms with Crippen LogP contribution in [-0.4, -0.2) is 39.9 Å². The molecule has 0 bridgehead atoms. The molecule has 0 spiro atoms. The average Bonchev–Trinajstić information content (AvgIpc) is 3.44. The zero-order valence-electron chi connectivity index (χ0n) is 22.7. The van der Waals surface area contributed by atoms with Crippen molar-refractivity contribution in [3.8, 4) is 28.6 Å². The fraction of sp³-hybridized carbons (Fsp3) is 0.290. The van der Waals surface area contributed by atoms with E-state index in [1.165, 1.54) is 20.1 Å². The van der Waals surface area contributed by atoms with Gasteiger partial charge in [-0.3, -0.25) is 9.59 Å². The number of hydrogen-bond acceptors (Lipinski definition) is 8. The van der Waals surface area contributed by atoms with Gasteiger partial charge in [0.2, 0.25) is 0 Å². The maximum Gasteiger partial charge on any atom is 0.303 e. The van der Waals surface area contributed by atoms with Crippen LogP contribution in [0, 0.1) is 0 Å². The van der Waals surface area contributed by atoms with E-state index in [-0.39, 0.29) is 17.4 Å². The van der Waals surface area contributed by atoms with Crippen LogP contribution in [-0.2, 0) is 9.53 Å². The summed E-state index contributed by atoms with van der Waals surface area (Å²) >= 11 is 6.47. The lowest BCUT2D eigenvalue weighted by Gasteiger charge is -2.30. The standard InChI is InChI=1S/C31H30ClNO7/c1-17(34)39-30(18-9-11-19(36-2)12-10-18)29-21(13-14-33-29)27-25(37-3)16-26(38-4)28-23(35)15-24(40-31(27)28)20-7-5-6-8-22(20)32/h5-12,15-16,21,29-30,33H,13-14H2,1-4H3. The van der Waals surface area contributed by atoms with Gasteiger partial charge in [-0.25, -0.2) is 0 Å². The van der Waals surface area contributed by atoms with Crippen molar-refractivity contribution in [2.75, 3.05) is 27.9 Å². The molecular formula is C31H30ClNO7. The molecule has 1 N–H and O–H groups in total. The number of fused-ring (bicyclic) bond motifs is 1. The molecule has 9 heteroatoms. The second-order valence-corrected chi connectivity index (χ2v) is 9.94. The van der Waals surface area contributed by atoms with Gasteiger partial charge >= 0.3 is 5.97 Å². The Bertz CT molecular complexity index is 1600. The monoisotopic (exact) mass is 563 g/mol. The van der Waals surface area contributed by atoms with Crippen LogP contribution in [0.2, 0.25) is 5.02 Å². The van der Waals surface area contributed by atoms with Crippen LogP contribution in [0.25, 0.3) is 22.3 Å². The summed E-state index contributed by atoms with van der Waals surface area (Å²) in [5.74, 6) is 1.20. The SMILES string of the molecule is COc1ccc(C(OC(C)=O)C2NCCC2c2c(OC)cc(OC)c3c(=O)cc(-c4ccccc4Cl)oc23)cc1. The molecule has 208 valence electrons. The molecule has 0 saturated carbocycles. The quantitative estimate of drug-likeness (QED) is 0.265. The van der Waals surface area contributed by atoms with Crippen LogP contribution in [0.15, 0.2) is 69.9 Å². The first-order valence-corrected chi connectivity index (χ1v) is 13.3. The van der Waals surface area contributed by atoms with E-state index >= 15 is 0 Å². The molecule has 3 atom stereocenters. The molecular weight excluding hydrogens is 534 g/mol. The van der Waals surface area contributed by atoms with Crippen LogP contribution >= 0.6 is 11.6 Å². The minimum Gasteiger partial charge on any atom is -0.497 e. The first-order chi connectivity index (χ1) is 19.4. The van der Waals surface area contributed by atoms with E-state index in [0.717, 1.165) is 5.56 Å². The summed E-state index contributed by atoms with van der Waals surface area (Å²) in [5.41, 5.74) is 2.15. The topological polar surface area (TPSA) is 96.2 Å². The lowest BCUT2D eigenvalue weighted by molar-refractivity contribution is -0.148. The van der Waals surface area contributed by atoms with Gasteiger partial charge in [0.1, 0.15) is 40.1 Å². The van der Waals surface area contributed by atoms with Crippen LogP contribution in [0.4, 0.5) is 0 Å². The molecule has 0 amide bonds. The smallest absolute Gasteiger partial charge is 0.303 e. The number of carbonyl (C=O) groups excluding carboxylic acids is 1. The third kappa shape index (κ3) is 5.12. The fourth-order valence-corrected chi connectivity index (χ4v) is 5.69. The second-order valence-electron chi connectivity index (χ2n) is 9.53. The summed E-state index contributed by atoms with van der Waals surface area (Å²) in [4.78, 5) is 25.8.